The number of rotatable bonds is 3. The zero-order chi connectivity index (χ0) is 13.5. The summed E-state index contributed by atoms with van der Waals surface area (Å²) in [7, 11) is 0. The normalized spacial score (nSPS) is 20.7. The van der Waals surface area contributed by atoms with Gasteiger partial charge in [0.1, 0.15) is 12.4 Å². The molecule has 1 heterocycles. The lowest BCUT2D eigenvalue weighted by Gasteiger charge is -2.35. The van der Waals surface area contributed by atoms with Gasteiger partial charge in [-0.3, -0.25) is 4.79 Å². The van der Waals surface area contributed by atoms with Crippen molar-refractivity contribution in [3.63, 3.8) is 0 Å². The Kier molecular flexibility index (Phi) is 5.40. The average Bonchev–Trinajstić information content (AvgIpc) is 2.36. The third-order valence-corrected chi connectivity index (χ3v) is 2.75. The molecule has 5 nitrogen and oxygen atoms in total. The second kappa shape index (κ2) is 6.82. The average molecular weight is 250 g/mol. The van der Waals surface area contributed by atoms with Crippen LogP contribution in [0.3, 0.4) is 0 Å². The molecule has 1 amide bonds. The van der Waals surface area contributed by atoms with Gasteiger partial charge in [0.25, 0.3) is 0 Å². The van der Waals surface area contributed by atoms with Gasteiger partial charge in [-0.15, -0.1) is 5.92 Å². The number of carbonyl (C=O) groups excluding carboxylic acids is 2. The van der Waals surface area contributed by atoms with E-state index in [9.17, 15) is 9.59 Å². The van der Waals surface area contributed by atoms with Crippen LogP contribution in [0.5, 0.6) is 0 Å². The number of Topliss-reactive ketones (excluding diaryl/α,β-unsaturated/α-hetero) is 1. The summed E-state index contributed by atoms with van der Waals surface area (Å²) in [6.45, 7) is 5.62. The predicted octanol–water partition coefficient (Wildman–Crippen LogP) is 0.693. The number of hydrogen-bond acceptors (Lipinski definition) is 4. The maximum absolute atomic E-state index is 11.8. The number of ketones is 1. The molecule has 0 aliphatic carbocycles. The van der Waals surface area contributed by atoms with Gasteiger partial charge in [0, 0.05) is 19.4 Å². The van der Waals surface area contributed by atoms with Gasteiger partial charge in [-0.05, 0) is 6.92 Å². The largest absolute Gasteiger partial charge is 0.445 e. The van der Waals surface area contributed by atoms with Crippen LogP contribution in [0.25, 0.3) is 0 Å². The van der Waals surface area contributed by atoms with Crippen molar-refractivity contribution < 1.29 is 14.3 Å². The minimum absolute atomic E-state index is 0.0983. The van der Waals surface area contributed by atoms with Crippen molar-refractivity contribution in [1.82, 2.24) is 4.90 Å². The molecule has 2 N–H and O–H groups in total. The van der Waals surface area contributed by atoms with Gasteiger partial charge >= 0.3 is 6.09 Å². The van der Waals surface area contributed by atoms with Gasteiger partial charge in [-0.2, -0.15) is 0 Å². The lowest BCUT2D eigenvalue weighted by molar-refractivity contribution is -0.122. The molecule has 2 atom stereocenters. The van der Waals surface area contributed by atoms with Crippen LogP contribution in [0.15, 0.2) is 12.7 Å². The molecule has 1 aliphatic rings. The molecule has 0 spiro atoms. The Balaban J connectivity index is 2.77. The zero-order valence-corrected chi connectivity index (χ0v) is 10.5. The van der Waals surface area contributed by atoms with Gasteiger partial charge in [0.2, 0.25) is 0 Å². The summed E-state index contributed by atoms with van der Waals surface area (Å²) in [4.78, 5) is 24.8. The molecule has 18 heavy (non-hydrogen) atoms. The fourth-order valence-electron chi connectivity index (χ4n) is 1.88. The van der Waals surface area contributed by atoms with Gasteiger partial charge in [-0.1, -0.05) is 18.6 Å². The van der Waals surface area contributed by atoms with Crippen molar-refractivity contribution in [2.45, 2.75) is 31.8 Å². The Morgan fingerprint density at radius 3 is 3.11 bits per heavy atom. The molecule has 1 fully saturated rings. The second-order valence-electron chi connectivity index (χ2n) is 4.04. The van der Waals surface area contributed by atoms with E-state index < -0.39 is 18.2 Å². The first kappa shape index (κ1) is 14.3. The van der Waals surface area contributed by atoms with Crippen LogP contribution in [0.2, 0.25) is 0 Å². The van der Waals surface area contributed by atoms with E-state index in [-0.39, 0.29) is 18.8 Å². The maximum Gasteiger partial charge on any atom is 0.410 e. The van der Waals surface area contributed by atoms with Crippen molar-refractivity contribution in [2.24, 2.45) is 5.73 Å². The summed E-state index contributed by atoms with van der Waals surface area (Å²) in [5.41, 5.74) is 5.88. The molecule has 0 bridgehead atoms. The van der Waals surface area contributed by atoms with Crippen LogP contribution >= 0.6 is 0 Å². The van der Waals surface area contributed by atoms with E-state index >= 15 is 0 Å². The Hall–Kier alpha value is -1.80. The molecule has 0 aromatic carbocycles. The molecule has 1 rings (SSSR count). The number of likely N-dealkylation sites (tertiary alicyclic amines) is 1. The Morgan fingerprint density at radius 2 is 2.50 bits per heavy atom. The van der Waals surface area contributed by atoms with Gasteiger partial charge < -0.3 is 15.4 Å². The highest BCUT2D eigenvalue weighted by molar-refractivity contribution is 5.82. The number of nitrogens with zero attached hydrogens (tertiary/aromatic N) is 1. The first-order valence-electron chi connectivity index (χ1n) is 5.84. The molecule has 1 saturated heterocycles. The minimum Gasteiger partial charge on any atom is -0.445 e. The SMILES string of the molecule is C=CCOC(=O)N1CCC(=O)CC1C(N)C#CC. The van der Waals surface area contributed by atoms with E-state index in [1.54, 1.807) is 6.92 Å². The highest BCUT2D eigenvalue weighted by Crippen LogP contribution is 2.17. The fourth-order valence-corrected chi connectivity index (χ4v) is 1.88. The van der Waals surface area contributed by atoms with Crippen molar-refractivity contribution >= 4 is 11.9 Å². The van der Waals surface area contributed by atoms with E-state index in [2.05, 4.69) is 18.4 Å². The molecular weight excluding hydrogens is 232 g/mol. The molecule has 2 unspecified atom stereocenters. The number of nitrogens with two attached hydrogens (primary N) is 1. The smallest absolute Gasteiger partial charge is 0.410 e. The number of amides is 1. The maximum atomic E-state index is 11.8. The van der Waals surface area contributed by atoms with Gasteiger partial charge in [0.15, 0.2) is 0 Å². The third kappa shape index (κ3) is 3.60. The topological polar surface area (TPSA) is 72.6 Å². The van der Waals surface area contributed by atoms with Crippen LogP contribution in [-0.4, -0.2) is 42.0 Å². The summed E-state index contributed by atoms with van der Waals surface area (Å²) >= 11 is 0. The number of hydrogen-bond donors (Lipinski definition) is 1. The van der Waals surface area contributed by atoms with E-state index in [1.807, 2.05) is 0 Å². The molecule has 0 aromatic heterocycles. The van der Waals surface area contributed by atoms with E-state index in [0.717, 1.165) is 0 Å². The summed E-state index contributed by atoms with van der Waals surface area (Å²) in [5.74, 6) is 5.58. The molecule has 0 radical (unpaired) electrons. The quantitative estimate of drug-likeness (QED) is 0.591. The first-order valence-corrected chi connectivity index (χ1v) is 5.84. The lowest BCUT2D eigenvalue weighted by atomic mass is 9.96. The zero-order valence-electron chi connectivity index (χ0n) is 10.5. The van der Waals surface area contributed by atoms with Crippen molar-refractivity contribution in [3.05, 3.63) is 12.7 Å². The summed E-state index contributed by atoms with van der Waals surface area (Å²) in [5, 5.41) is 0. The number of carbonyl (C=O) groups is 2. The van der Waals surface area contributed by atoms with Crippen LogP contribution < -0.4 is 5.73 Å². The highest BCUT2D eigenvalue weighted by atomic mass is 16.6. The molecule has 1 aliphatic heterocycles. The van der Waals surface area contributed by atoms with Crippen molar-refractivity contribution in [3.8, 4) is 11.8 Å². The minimum atomic E-state index is -0.532. The van der Waals surface area contributed by atoms with Crippen molar-refractivity contribution in [2.75, 3.05) is 13.2 Å². The first-order chi connectivity index (χ1) is 8.60. The Labute approximate surface area is 107 Å². The van der Waals surface area contributed by atoms with Crippen LogP contribution in [0, 0.1) is 11.8 Å². The van der Waals surface area contributed by atoms with Crippen molar-refractivity contribution in [1.29, 1.82) is 0 Å². The Morgan fingerprint density at radius 1 is 1.78 bits per heavy atom. The standard InChI is InChI=1S/C13H18N2O3/c1-3-5-11(14)12-9-10(16)6-7-15(12)13(17)18-8-4-2/h4,11-12H,2,6-9,14H2,1H3. The van der Waals surface area contributed by atoms with E-state index in [1.165, 1.54) is 11.0 Å². The summed E-state index contributed by atoms with van der Waals surface area (Å²) in [6.07, 6.45) is 1.60. The van der Waals surface area contributed by atoms with Crippen LogP contribution in [-0.2, 0) is 9.53 Å². The fraction of sp³-hybridized carbons (Fsp3) is 0.538. The lowest BCUT2D eigenvalue weighted by Crippen LogP contribution is -2.54. The van der Waals surface area contributed by atoms with Crippen LogP contribution in [0.1, 0.15) is 19.8 Å². The van der Waals surface area contributed by atoms with E-state index in [4.69, 9.17) is 10.5 Å². The highest BCUT2D eigenvalue weighted by Gasteiger charge is 2.34. The summed E-state index contributed by atoms with van der Waals surface area (Å²) in [6, 6.07) is -0.938. The molecular formula is C13H18N2O3. The number of piperidine rings is 1. The monoisotopic (exact) mass is 250 g/mol. The Bertz CT molecular complexity index is 395. The van der Waals surface area contributed by atoms with Gasteiger partial charge in [-0.25, -0.2) is 4.79 Å². The molecule has 98 valence electrons. The van der Waals surface area contributed by atoms with Gasteiger partial charge in [0.05, 0.1) is 12.1 Å². The number of ether oxygens (including phenoxy) is 1. The third-order valence-electron chi connectivity index (χ3n) is 2.75. The summed E-state index contributed by atoms with van der Waals surface area (Å²) < 4.78 is 4.98. The van der Waals surface area contributed by atoms with Crippen LogP contribution in [0.4, 0.5) is 4.79 Å². The van der Waals surface area contributed by atoms with E-state index in [0.29, 0.717) is 13.0 Å². The predicted molar refractivity (Wildman–Crippen MR) is 67.7 cm³/mol. The molecule has 5 heteroatoms. The second-order valence-corrected chi connectivity index (χ2v) is 4.04. The molecule has 0 saturated carbocycles. The molecule has 0 aromatic rings.